The molecule has 112 valence electrons. The number of rotatable bonds is 7. The fourth-order valence-electron chi connectivity index (χ4n) is 1.53. The molecule has 0 spiro atoms. The molecule has 0 unspecified atom stereocenters. The van der Waals surface area contributed by atoms with E-state index < -0.39 is 29.8 Å². The van der Waals surface area contributed by atoms with Gasteiger partial charge in [-0.1, -0.05) is 6.42 Å². The van der Waals surface area contributed by atoms with Crippen LogP contribution in [0.1, 0.15) is 53.4 Å². The highest BCUT2D eigenvalue weighted by Crippen LogP contribution is 2.10. The van der Waals surface area contributed by atoms with Crippen LogP contribution in [0.5, 0.6) is 0 Å². The summed E-state index contributed by atoms with van der Waals surface area (Å²) in [6, 6.07) is -0.427. The minimum absolute atomic E-state index is 0.0962. The number of unbranched alkanes of at least 4 members (excludes halogenated alkanes) is 1. The number of carbonyl (C=O) groups excluding carboxylic acids is 1. The number of carboxylic acid groups (broad SMARTS) is 1. The summed E-state index contributed by atoms with van der Waals surface area (Å²) >= 11 is 0. The number of carboxylic acids is 1. The highest BCUT2D eigenvalue weighted by molar-refractivity contribution is 5.68. The van der Waals surface area contributed by atoms with Crippen molar-refractivity contribution >= 4 is 12.1 Å². The Morgan fingerprint density at radius 1 is 1.26 bits per heavy atom. The first-order valence-electron chi connectivity index (χ1n) is 6.51. The Balaban J connectivity index is 4.12. The summed E-state index contributed by atoms with van der Waals surface area (Å²) in [7, 11) is 0. The van der Waals surface area contributed by atoms with E-state index in [1.807, 2.05) is 0 Å². The average molecular weight is 275 g/mol. The van der Waals surface area contributed by atoms with Crippen LogP contribution >= 0.6 is 0 Å². The van der Waals surface area contributed by atoms with E-state index in [9.17, 15) is 14.7 Å². The molecule has 0 bridgehead atoms. The third kappa shape index (κ3) is 10.3. The third-order valence-electron chi connectivity index (χ3n) is 2.44. The molecule has 0 radical (unpaired) electrons. The van der Waals surface area contributed by atoms with Crippen molar-refractivity contribution in [3.8, 4) is 0 Å². The second kappa shape index (κ2) is 7.99. The molecule has 0 saturated carbocycles. The third-order valence-corrected chi connectivity index (χ3v) is 2.44. The molecule has 0 saturated heterocycles. The van der Waals surface area contributed by atoms with E-state index in [0.29, 0.717) is 19.3 Å². The van der Waals surface area contributed by atoms with E-state index in [2.05, 4.69) is 5.32 Å². The van der Waals surface area contributed by atoms with Crippen LogP contribution in [0.15, 0.2) is 0 Å². The van der Waals surface area contributed by atoms with Gasteiger partial charge in [0.15, 0.2) is 0 Å². The van der Waals surface area contributed by atoms with Crippen LogP contribution in [0.4, 0.5) is 4.79 Å². The van der Waals surface area contributed by atoms with Crippen molar-refractivity contribution in [1.82, 2.24) is 5.32 Å². The number of carbonyl (C=O) groups is 2. The Bertz CT molecular complexity index is 296. The molecule has 0 aliphatic rings. The zero-order valence-corrected chi connectivity index (χ0v) is 12.1. The maximum atomic E-state index is 11.6. The second-order valence-corrected chi connectivity index (χ2v) is 5.63. The van der Waals surface area contributed by atoms with Crippen molar-refractivity contribution < 1.29 is 24.5 Å². The molecule has 0 heterocycles. The normalized spacial score (nSPS) is 14.6. The predicted octanol–water partition coefficient (Wildman–Crippen LogP) is 1.91. The SMILES string of the molecule is C[C@@H](O)[C@H](CCCCC(=O)O)NC(=O)OC(C)(C)C. The number of hydrogen-bond acceptors (Lipinski definition) is 4. The summed E-state index contributed by atoms with van der Waals surface area (Å²) in [4.78, 5) is 21.9. The monoisotopic (exact) mass is 275 g/mol. The lowest BCUT2D eigenvalue weighted by atomic mass is 10.0. The highest BCUT2D eigenvalue weighted by Gasteiger charge is 2.21. The summed E-state index contributed by atoms with van der Waals surface area (Å²) in [6.45, 7) is 6.86. The van der Waals surface area contributed by atoms with E-state index in [1.54, 1.807) is 27.7 Å². The van der Waals surface area contributed by atoms with E-state index in [0.717, 1.165) is 0 Å². The van der Waals surface area contributed by atoms with Gasteiger partial charge < -0.3 is 20.3 Å². The lowest BCUT2D eigenvalue weighted by Crippen LogP contribution is -2.44. The summed E-state index contributed by atoms with van der Waals surface area (Å²) in [6.07, 6.45) is 0.476. The highest BCUT2D eigenvalue weighted by atomic mass is 16.6. The zero-order chi connectivity index (χ0) is 15.1. The van der Waals surface area contributed by atoms with Crippen molar-refractivity contribution in [2.45, 2.75) is 71.1 Å². The minimum Gasteiger partial charge on any atom is -0.481 e. The molecule has 1 amide bonds. The van der Waals surface area contributed by atoms with Gasteiger partial charge in [0.25, 0.3) is 0 Å². The number of amides is 1. The zero-order valence-electron chi connectivity index (χ0n) is 12.1. The Morgan fingerprint density at radius 2 is 1.84 bits per heavy atom. The van der Waals surface area contributed by atoms with Crippen LogP contribution in [-0.4, -0.2) is 40.0 Å². The molecule has 3 N–H and O–H groups in total. The van der Waals surface area contributed by atoms with Gasteiger partial charge in [0.1, 0.15) is 5.60 Å². The Labute approximate surface area is 114 Å². The van der Waals surface area contributed by atoms with Crippen molar-refractivity contribution in [3.05, 3.63) is 0 Å². The topological polar surface area (TPSA) is 95.9 Å². The quantitative estimate of drug-likeness (QED) is 0.617. The van der Waals surface area contributed by atoms with Crippen LogP contribution in [0.2, 0.25) is 0 Å². The number of alkyl carbamates (subject to hydrolysis) is 1. The fourth-order valence-corrected chi connectivity index (χ4v) is 1.53. The Hall–Kier alpha value is -1.30. The van der Waals surface area contributed by atoms with Gasteiger partial charge in [0.2, 0.25) is 0 Å². The molecule has 2 atom stereocenters. The first-order valence-corrected chi connectivity index (χ1v) is 6.51. The molecule has 19 heavy (non-hydrogen) atoms. The first kappa shape index (κ1) is 17.7. The van der Waals surface area contributed by atoms with Crippen LogP contribution in [0.3, 0.4) is 0 Å². The maximum Gasteiger partial charge on any atom is 0.407 e. The summed E-state index contributed by atoms with van der Waals surface area (Å²) in [5, 5.41) is 20.7. The van der Waals surface area contributed by atoms with Gasteiger partial charge in [-0.3, -0.25) is 4.79 Å². The van der Waals surface area contributed by atoms with E-state index in [4.69, 9.17) is 9.84 Å². The molecule has 0 aliphatic carbocycles. The number of aliphatic hydroxyl groups excluding tert-OH is 1. The fraction of sp³-hybridized carbons (Fsp3) is 0.846. The van der Waals surface area contributed by atoms with Crippen LogP contribution in [0, 0.1) is 0 Å². The van der Waals surface area contributed by atoms with Crippen molar-refractivity contribution in [1.29, 1.82) is 0 Å². The van der Waals surface area contributed by atoms with Gasteiger partial charge in [-0.2, -0.15) is 0 Å². The molecule has 0 rings (SSSR count). The van der Waals surface area contributed by atoms with Crippen LogP contribution in [-0.2, 0) is 9.53 Å². The number of nitrogens with one attached hydrogen (secondary N) is 1. The maximum absolute atomic E-state index is 11.6. The molecule has 6 heteroatoms. The van der Waals surface area contributed by atoms with E-state index >= 15 is 0 Å². The molecule has 0 aromatic heterocycles. The van der Waals surface area contributed by atoms with E-state index in [-0.39, 0.29) is 6.42 Å². The molecule has 0 aromatic rings. The summed E-state index contributed by atoms with van der Waals surface area (Å²) < 4.78 is 5.11. The van der Waals surface area contributed by atoms with Gasteiger partial charge in [-0.05, 0) is 40.5 Å². The summed E-state index contributed by atoms with van der Waals surface area (Å²) in [5.74, 6) is -0.839. The molecular weight excluding hydrogens is 250 g/mol. The first-order chi connectivity index (χ1) is 8.61. The molecule has 0 fully saturated rings. The number of aliphatic hydroxyl groups is 1. The average Bonchev–Trinajstić information content (AvgIpc) is 2.19. The van der Waals surface area contributed by atoms with E-state index in [1.165, 1.54) is 0 Å². The van der Waals surface area contributed by atoms with Crippen molar-refractivity contribution in [3.63, 3.8) is 0 Å². The lowest BCUT2D eigenvalue weighted by molar-refractivity contribution is -0.137. The van der Waals surface area contributed by atoms with Crippen LogP contribution < -0.4 is 5.32 Å². The minimum atomic E-state index is -0.839. The summed E-state index contributed by atoms with van der Waals surface area (Å²) in [5.41, 5.74) is -0.587. The molecule has 0 aromatic carbocycles. The second-order valence-electron chi connectivity index (χ2n) is 5.63. The molecule has 0 aliphatic heterocycles. The largest absolute Gasteiger partial charge is 0.481 e. The number of aliphatic carboxylic acids is 1. The number of ether oxygens (including phenoxy) is 1. The smallest absolute Gasteiger partial charge is 0.407 e. The van der Waals surface area contributed by atoms with Gasteiger partial charge >= 0.3 is 12.1 Å². The predicted molar refractivity (Wildman–Crippen MR) is 70.9 cm³/mol. The number of hydrogen-bond donors (Lipinski definition) is 3. The van der Waals surface area contributed by atoms with Crippen LogP contribution in [0.25, 0.3) is 0 Å². The Morgan fingerprint density at radius 3 is 2.26 bits per heavy atom. The van der Waals surface area contributed by atoms with Crippen molar-refractivity contribution in [2.24, 2.45) is 0 Å². The Kier molecular flexibility index (Phi) is 7.44. The standard InChI is InChI=1S/C13H25NO5/c1-9(15)10(7-5-6-8-11(16)17)14-12(18)19-13(2,3)4/h9-10,15H,5-8H2,1-4H3,(H,14,18)(H,16,17)/t9-,10+/m1/s1. The van der Waals surface area contributed by atoms with Crippen molar-refractivity contribution in [2.75, 3.05) is 0 Å². The molecule has 6 nitrogen and oxygen atoms in total. The van der Waals surface area contributed by atoms with Gasteiger partial charge in [0, 0.05) is 6.42 Å². The van der Waals surface area contributed by atoms with Gasteiger partial charge in [-0.25, -0.2) is 4.79 Å². The molecular formula is C13H25NO5. The van der Waals surface area contributed by atoms with Gasteiger partial charge in [0.05, 0.1) is 12.1 Å². The van der Waals surface area contributed by atoms with Gasteiger partial charge in [-0.15, -0.1) is 0 Å². The lowest BCUT2D eigenvalue weighted by Gasteiger charge is -2.25.